The van der Waals surface area contributed by atoms with E-state index in [1.807, 2.05) is 0 Å². The topological polar surface area (TPSA) is 84.9 Å². The minimum Gasteiger partial charge on any atom is -0.497 e. The fraction of sp³-hybridized carbons (Fsp3) is 0.333. The molecule has 8 heteroatoms. The third-order valence-electron chi connectivity index (χ3n) is 4.27. The summed E-state index contributed by atoms with van der Waals surface area (Å²) in [5.41, 5.74) is 0.752. The Morgan fingerprint density at radius 1 is 0.962 bits per heavy atom. The van der Waals surface area contributed by atoms with Crippen LogP contribution in [-0.2, 0) is 0 Å². The molecule has 1 aromatic heterocycles. The normalized spacial score (nSPS) is 14.1. The lowest BCUT2D eigenvalue weighted by molar-refractivity contribution is 0.0530. The van der Waals surface area contributed by atoms with Crippen LogP contribution in [0.3, 0.4) is 0 Å². The highest BCUT2D eigenvalue weighted by atomic mass is 16.5. The van der Waals surface area contributed by atoms with E-state index in [1.54, 1.807) is 35.1 Å². The van der Waals surface area contributed by atoms with E-state index in [0.717, 1.165) is 0 Å². The zero-order valence-electron chi connectivity index (χ0n) is 14.7. The Balaban J connectivity index is 1.68. The Morgan fingerprint density at radius 3 is 2.23 bits per heavy atom. The average Bonchev–Trinajstić information content (AvgIpc) is 2.73. The van der Waals surface area contributed by atoms with Crippen LogP contribution in [0.2, 0.25) is 0 Å². The molecule has 0 N–H and O–H groups in total. The Hall–Kier alpha value is -3.16. The zero-order chi connectivity index (χ0) is 18.5. The summed E-state index contributed by atoms with van der Waals surface area (Å²) < 4.78 is 10.5. The fourth-order valence-corrected chi connectivity index (χ4v) is 2.84. The molecular weight excluding hydrogens is 336 g/mol. The molecule has 0 bridgehead atoms. The largest absolute Gasteiger partial charge is 0.497 e. The quantitative estimate of drug-likeness (QED) is 0.815. The first-order valence-corrected chi connectivity index (χ1v) is 8.20. The number of carbonyl (C=O) groups is 2. The highest BCUT2D eigenvalue weighted by molar-refractivity contribution is 5.98. The highest BCUT2D eigenvalue weighted by Crippen LogP contribution is 2.25. The van der Waals surface area contributed by atoms with E-state index in [9.17, 15) is 9.59 Å². The van der Waals surface area contributed by atoms with Crippen LogP contribution in [0, 0.1) is 0 Å². The molecule has 1 aromatic carbocycles. The van der Waals surface area contributed by atoms with E-state index in [4.69, 9.17) is 9.47 Å². The first-order valence-electron chi connectivity index (χ1n) is 8.20. The maximum atomic E-state index is 12.9. The molecule has 3 rings (SSSR count). The van der Waals surface area contributed by atoms with E-state index >= 15 is 0 Å². The summed E-state index contributed by atoms with van der Waals surface area (Å²) in [6, 6.07) is 5.12. The van der Waals surface area contributed by atoms with Gasteiger partial charge in [0.25, 0.3) is 11.8 Å². The molecule has 8 nitrogen and oxygen atoms in total. The number of nitrogens with zero attached hydrogens (tertiary/aromatic N) is 4. The van der Waals surface area contributed by atoms with Crippen LogP contribution >= 0.6 is 0 Å². The number of methoxy groups -OCH3 is 2. The van der Waals surface area contributed by atoms with Crippen LogP contribution in [0.5, 0.6) is 11.5 Å². The third kappa shape index (κ3) is 3.58. The highest BCUT2D eigenvalue weighted by Gasteiger charge is 2.27. The van der Waals surface area contributed by atoms with Crippen molar-refractivity contribution in [3.63, 3.8) is 0 Å². The first-order chi connectivity index (χ1) is 12.6. The van der Waals surface area contributed by atoms with Crippen molar-refractivity contribution in [1.82, 2.24) is 19.8 Å². The second-order valence-electron chi connectivity index (χ2n) is 5.74. The molecule has 0 atom stereocenters. The zero-order valence-corrected chi connectivity index (χ0v) is 14.7. The summed E-state index contributed by atoms with van der Waals surface area (Å²) in [6.45, 7) is 1.75. The smallest absolute Gasteiger partial charge is 0.274 e. The van der Waals surface area contributed by atoms with Gasteiger partial charge in [0, 0.05) is 38.6 Å². The van der Waals surface area contributed by atoms with Gasteiger partial charge in [0.15, 0.2) is 0 Å². The number of hydrogen-bond donors (Lipinski definition) is 0. The summed E-state index contributed by atoms with van der Waals surface area (Å²) in [4.78, 5) is 36.6. The van der Waals surface area contributed by atoms with Crippen LogP contribution < -0.4 is 9.47 Å². The number of hydrogen-bond acceptors (Lipinski definition) is 6. The van der Waals surface area contributed by atoms with Crippen molar-refractivity contribution < 1.29 is 19.1 Å². The molecule has 1 aliphatic rings. The van der Waals surface area contributed by atoms with E-state index in [-0.39, 0.29) is 11.8 Å². The molecule has 2 aromatic rings. The van der Waals surface area contributed by atoms with Gasteiger partial charge in [-0.1, -0.05) is 0 Å². The summed E-state index contributed by atoms with van der Waals surface area (Å²) in [5, 5.41) is 0. The number of piperazine rings is 1. The lowest BCUT2D eigenvalue weighted by Gasteiger charge is -2.34. The predicted octanol–water partition coefficient (Wildman–Crippen LogP) is 1.09. The van der Waals surface area contributed by atoms with Crippen molar-refractivity contribution in [2.75, 3.05) is 40.4 Å². The molecule has 0 unspecified atom stereocenters. The van der Waals surface area contributed by atoms with Crippen molar-refractivity contribution in [1.29, 1.82) is 0 Å². The van der Waals surface area contributed by atoms with Crippen LogP contribution in [-0.4, -0.2) is 72.0 Å². The lowest BCUT2D eigenvalue weighted by atomic mass is 10.1. The minimum absolute atomic E-state index is 0.146. The van der Waals surface area contributed by atoms with Crippen LogP contribution in [0.4, 0.5) is 0 Å². The maximum absolute atomic E-state index is 12.9. The van der Waals surface area contributed by atoms with Crippen molar-refractivity contribution in [2.24, 2.45) is 0 Å². The fourth-order valence-electron chi connectivity index (χ4n) is 2.84. The Bertz CT molecular complexity index is 789. The molecule has 136 valence electrons. The SMILES string of the molecule is COc1ccc(OC)c(C(=O)N2CCN(C(=O)c3cnccn3)CC2)c1. The van der Waals surface area contributed by atoms with Gasteiger partial charge in [0.05, 0.1) is 26.0 Å². The Kier molecular flexibility index (Phi) is 5.31. The van der Waals surface area contributed by atoms with E-state index in [2.05, 4.69) is 9.97 Å². The van der Waals surface area contributed by atoms with Crippen LogP contribution in [0.25, 0.3) is 0 Å². The molecule has 0 aliphatic carbocycles. The van der Waals surface area contributed by atoms with E-state index < -0.39 is 0 Å². The van der Waals surface area contributed by atoms with Crippen molar-refractivity contribution in [3.05, 3.63) is 48.0 Å². The number of carbonyl (C=O) groups excluding carboxylic acids is 2. The molecular formula is C18H20N4O4. The summed E-state index contributed by atoms with van der Waals surface area (Å²) in [6.07, 6.45) is 4.46. The summed E-state index contributed by atoms with van der Waals surface area (Å²) in [5.74, 6) is 0.760. The van der Waals surface area contributed by atoms with Crippen molar-refractivity contribution in [3.8, 4) is 11.5 Å². The van der Waals surface area contributed by atoms with Crippen LogP contribution in [0.15, 0.2) is 36.8 Å². The molecule has 0 saturated carbocycles. The van der Waals surface area contributed by atoms with Gasteiger partial charge in [-0.05, 0) is 18.2 Å². The predicted molar refractivity (Wildman–Crippen MR) is 93.4 cm³/mol. The number of amides is 2. The third-order valence-corrected chi connectivity index (χ3v) is 4.27. The Labute approximate surface area is 151 Å². The number of aromatic nitrogens is 2. The van der Waals surface area contributed by atoms with Gasteiger partial charge in [-0.2, -0.15) is 0 Å². The van der Waals surface area contributed by atoms with Gasteiger partial charge >= 0.3 is 0 Å². The molecule has 1 aliphatic heterocycles. The van der Waals surface area contributed by atoms with Gasteiger partial charge in [-0.3, -0.25) is 14.6 Å². The molecule has 0 spiro atoms. The van der Waals surface area contributed by atoms with Crippen molar-refractivity contribution in [2.45, 2.75) is 0 Å². The van der Waals surface area contributed by atoms with E-state index in [0.29, 0.717) is 48.9 Å². The molecule has 2 heterocycles. The molecule has 26 heavy (non-hydrogen) atoms. The van der Waals surface area contributed by atoms with Crippen LogP contribution in [0.1, 0.15) is 20.8 Å². The number of ether oxygens (including phenoxy) is 2. The summed E-state index contributed by atoms with van der Waals surface area (Å²) in [7, 11) is 3.07. The Morgan fingerprint density at radius 2 is 1.65 bits per heavy atom. The lowest BCUT2D eigenvalue weighted by Crippen LogP contribution is -2.50. The molecule has 1 saturated heterocycles. The first kappa shape index (κ1) is 17.7. The monoisotopic (exact) mass is 356 g/mol. The van der Waals surface area contributed by atoms with Gasteiger partial charge in [-0.15, -0.1) is 0 Å². The average molecular weight is 356 g/mol. The number of benzene rings is 1. The second kappa shape index (κ2) is 7.81. The van der Waals surface area contributed by atoms with Gasteiger partial charge < -0.3 is 19.3 Å². The molecule has 0 radical (unpaired) electrons. The van der Waals surface area contributed by atoms with Gasteiger partial charge in [-0.25, -0.2) is 4.98 Å². The second-order valence-corrected chi connectivity index (χ2v) is 5.74. The molecule has 1 fully saturated rings. The van der Waals surface area contributed by atoms with E-state index in [1.165, 1.54) is 25.7 Å². The maximum Gasteiger partial charge on any atom is 0.274 e. The minimum atomic E-state index is -0.177. The molecule has 2 amide bonds. The standard InChI is InChI=1S/C18H20N4O4/c1-25-13-3-4-16(26-2)14(11-13)17(23)21-7-9-22(10-8-21)18(24)15-12-19-5-6-20-15/h3-6,11-12H,7-10H2,1-2H3. The summed E-state index contributed by atoms with van der Waals surface area (Å²) >= 11 is 0. The van der Waals surface area contributed by atoms with Crippen molar-refractivity contribution >= 4 is 11.8 Å². The van der Waals surface area contributed by atoms with Gasteiger partial charge in [0.2, 0.25) is 0 Å². The van der Waals surface area contributed by atoms with Gasteiger partial charge in [0.1, 0.15) is 17.2 Å². The number of rotatable bonds is 4.